The lowest BCUT2D eigenvalue weighted by Crippen LogP contribution is -2.33. The van der Waals surface area contributed by atoms with Gasteiger partial charge in [-0.05, 0) is 60.9 Å². The van der Waals surface area contributed by atoms with E-state index in [0.717, 1.165) is 17.2 Å². The van der Waals surface area contributed by atoms with Crippen LogP contribution in [0, 0.1) is 23.7 Å². The molecule has 0 aromatic heterocycles. The Labute approximate surface area is 207 Å². The molecule has 3 amide bonds. The predicted octanol–water partition coefficient (Wildman–Crippen LogP) is 4.34. The molecule has 1 N–H and O–H groups in total. The molecular weight excluding hydrogens is 456 g/mol. The van der Waals surface area contributed by atoms with Crippen molar-refractivity contribution in [2.45, 2.75) is 13.3 Å². The van der Waals surface area contributed by atoms with Crippen LogP contribution in [0.1, 0.15) is 23.7 Å². The molecule has 6 rings (SSSR count). The molecule has 0 unspecified atom stereocenters. The third kappa shape index (κ3) is 3.50. The summed E-state index contributed by atoms with van der Waals surface area (Å²) in [7, 11) is 0. The van der Waals surface area contributed by atoms with E-state index >= 15 is 0 Å². The molecule has 1 saturated heterocycles. The second kappa shape index (κ2) is 8.45. The van der Waals surface area contributed by atoms with Crippen molar-refractivity contribution in [3.05, 3.63) is 83.9 Å². The first-order valence-electron chi connectivity index (χ1n) is 12.0. The monoisotopic (exact) mass is 480 g/mol. The highest BCUT2D eigenvalue weighted by atomic mass is 16.5. The topological polar surface area (TPSA) is 92.8 Å². The van der Waals surface area contributed by atoms with Crippen molar-refractivity contribution in [1.82, 2.24) is 0 Å². The third-order valence-electron chi connectivity index (χ3n) is 7.64. The molecule has 7 heteroatoms. The molecule has 36 heavy (non-hydrogen) atoms. The van der Waals surface area contributed by atoms with Gasteiger partial charge in [0.15, 0.2) is 6.61 Å². The Hall–Kier alpha value is -4.26. The first-order chi connectivity index (χ1) is 17.4. The van der Waals surface area contributed by atoms with E-state index in [4.69, 9.17) is 4.74 Å². The number of hydrogen-bond acceptors (Lipinski definition) is 5. The lowest BCUT2D eigenvalue weighted by atomic mass is 9.82. The number of imide groups is 1. The summed E-state index contributed by atoms with van der Waals surface area (Å²) >= 11 is 0. The van der Waals surface area contributed by atoms with Crippen molar-refractivity contribution in [2.75, 3.05) is 16.8 Å². The maximum Gasteiger partial charge on any atom is 0.338 e. The van der Waals surface area contributed by atoms with Gasteiger partial charge in [-0.25, -0.2) is 4.79 Å². The van der Waals surface area contributed by atoms with Gasteiger partial charge in [-0.1, -0.05) is 48.0 Å². The van der Waals surface area contributed by atoms with Gasteiger partial charge in [0.1, 0.15) is 0 Å². The summed E-state index contributed by atoms with van der Waals surface area (Å²) in [6.45, 7) is 1.59. The number of rotatable bonds is 5. The standard InChI is InChI=1S/C29H24N2O5/c1-16-13-19-14-22(16)26-25(19)27(33)31(28(26)34)20-11-9-18(10-12-20)29(35)36-15-24(32)30-23-8-4-6-17-5-2-3-7-21(17)23/h2-13,19,22,25-26H,14-15H2,1H3,(H,30,32)/t19-,22+,25-,26+/m0/s1. The van der Waals surface area contributed by atoms with E-state index in [1.165, 1.54) is 22.6 Å². The number of fused-ring (bicyclic) bond motifs is 6. The van der Waals surface area contributed by atoms with Gasteiger partial charge in [0.2, 0.25) is 11.8 Å². The zero-order chi connectivity index (χ0) is 25.0. The molecule has 0 spiro atoms. The van der Waals surface area contributed by atoms with E-state index in [2.05, 4.69) is 11.4 Å². The molecule has 2 bridgehead atoms. The number of esters is 1. The Morgan fingerprint density at radius 2 is 1.67 bits per heavy atom. The summed E-state index contributed by atoms with van der Waals surface area (Å²) in [4.78, 5) is 52.3. The maximum absolute atomic E-state index is 13.1. The van der Waals surface area contributed by atoms with E-state index in [1.54, 1.807) is 18.2 Å². The van der Waals surface area contributed by atoms with Crippen LogP contribution in [0.25, 0.3) is 10.8 Å². The normalized spacial score (nSPS) is 24.1. The zero-order valence-electron chi connectivity index (χ0n) is 19.6. The van der Waals surface area contributed by atoms with Gasteiger partial charge in [-0.15, -0.1) is 0 Å². The van der Waals surface area contributed by atoms with Crippen molar-refractivity contribution in [1.29, 1.82) is 0 Å². The van der Waals surface area contributed by atoms with Crippen LogP contribution in [0.15, 0.2) is 78.4 Å². The Morgan fingerprint density at radius 1 is 0.944 bits per heavy atom. The van der Waals surface area contributed by atoms with Crippen molar-refractivity contribution in [2.24, 2.45) is 23.7 Å². The van der Waals surface area contributed by atoms with Gasteiger partial charge < -0.3 is 10.1 Å². The molecule has 1 heterocycles. The number of carbonyl (C=O) groups excluding carboxylic acids is 4. The van der Waals surface area contributed by atoms with Gasteiger partial charge in [0.25, 0.3) is 5.91 Å². The molecular formula is C29H24N2O5. The first kappa shape index (κ1) is 22.2. The van der Waals surface area contributed by atoms with Crippen LogP contribution in [-0.2, 0) is 19.1 Å². The van der Waals surface area contributed by atoms with Crippen LogP contribution in [0.2, 0.25) is 0 Å². The number of nitrogens with zero attached hydrogens (tertiary/aromatic N) is 1. The molecule has 3 aliphatic rings. The number of ether oxygens (including phenoxy) is 1. The lowest BCUT2D eigenvalue weighted by Gasteiger charge is -2.19. The van der Waals surface area contributed by atoms with Crippen LogP contribution >= 0.6 is 0 Å². The smallest absolute Gasteiger partial charge is 0.338 e. The van der Waals surface area contributed by atoms with E-state index in [1.807, 2.05) is 43.3 Å². The summed E-state index contributed by atoms with van der Waals surface area (Å²) < 4.78 is 5.19. The second-order valence-corrected chi connectivity index (χ2v) is 9.68. The van der Waals surface area contributed by atoms with Gasteiger partial charge in [-0.3, -0.25) is 19.3 Å². The average Bonchev–Trinajstić information content (AvgIpc) is 3.53. The summed E-state index contributed by atoms with van der Waals surface area (Å²) in [5, 5.41) is 4.66. The van der Waals surface area contributed by atoms with E-state index in [9.17, 15) is 19.2 Å². The van der Waals surface area contributed by atoms with Crippen molar-refractivity contribution >= 4 is 45.8 Å². The van der Waals surface area contributed by atoms with Gasteiger partial charge in [0.05, 0.1) is 23.1 Å². The molecule has 4 atom stereocenters. The van der Waals surface area contributed by atoms with E-state index in [0.29, 0.717) is 11.4 Å². The molecule has 3 aromatic carbocycles. The minimum Gasteiger partial charge on any atom is -0.452 e. The van der Waals surface area contributed by atoms with Gasteiger partial charge in [0, 0.05) is 11.1 Å². The van der Waals surface area contributed by atoms with E-state index < -0.39 is 18.5 Å². The lowest BCUT2D eigenvalue weighted by molar-refractivity contribution is -0.123. The van der Waals surface area contributed by atoms with Crippen LogP contribution in [0.3, 0.4) is 0 Å². The SMILES string of the molecule is CC1=C[C@H]2C[C@H]1[C@H]1C(=O)N(c3ccc(C(=O)OCC(=O)Nc4cccc5ccccc45)cc3)C(=O)[C@H]12. The van der Waals surface area contributed by atoms with Gasteiger partial charge >= 0.3 is 5.97 Å². The number of carbonyl (C=O) groups is 4. The molecule has 1 aliphatic heterocycles. The number of amides is 3. The number of allylic oxidation sites excluding steroid dienone is 2. The summed E-state index contributed by atoms with van der Waals surface area (Å²) in [5.74, 6) is -1.72. The maximum atomic E-state index is 13.1. The number of benzene rings is 3. The number of nitrogens with one attached hydrogen (secondary N) is 1. The second-order valence-electron chi connectivity index (χ2n) is 9.68. The van der Waals surface area contributed by atoms with Crippen molar-refractivity contribution in [3.8, 4) is 0 Å². The number of anilines is 2. The average molecular weight is 481 g/mol. The Morgan fingerprint density at radius 3 is 2.47 bits per heavy atom. The minimum atomic E-state index is -0.663. The molecule has 3 aromatic rings. The molecule has 180 valence electrons. The number of hydrogen-bond donors (Lipinski definition) is 1. The Kier molecular flexibility index (Phi) is 5.21. The van der Waals surface area contributed by atoms with Crippen LogP contribution in [-0.4, -0.2) is 30.3 Å². The van der Waals surface area contributed by atoms with Crippen molar-refractivity contribution < 1.29 is 23.9 Å². The first-order valence-corrected chi connectivity index (χ1v) is 12.0. The van der Waals surface area contributed by atoms with Crippen molar-refractivity contribution in [3.63, 3.8) is 0 Å². The van der Waals surface area contributed by atoms with E-state index in [-0.39, 0.29) is 41.0 Å². The van der Waals surface area contributed by atoms with Crippen LogP contribution in [0.4, 0.5) is 11.4 Å². The fraction of sp³-hybridized carbons (Fsp3) is 0.241. The summed E-state index contributed by atoms with van der Waals surface area (Å²) in [6, 6.07) is 19.4. The zero-order valence-corrected chi connectivity index (χ0v) is 19.6. The Balaban J connectivity index is 1.09. The fourth-order valence-corrected chi connectivity index (χ4v) is 6.01. The van der Waals surface area contributed by atoms with Gasteiger partial charge in [-0.2, -0.15) is 0 Å². The van der Waals surface area contributed by atoms with Crippen LogP contribution in [0.5, 0.6) is 0 Å². The molecule has 2 aliphatic carbocycles. The quantitative estimate of drug-likeness (QED) is 0.333. The Bertz CT molecular complexity index is 1450. The minimum absolute atomic E-state index is 0.135. The molecule has 2 fully saturated rings. The molecule has 7 nitrogen and oxygen atoms in total. The largest absolute Gasteiger partial charge is 0.452 e. The fourth-order valence-electron chi connectivity index (χ4n) is 6.01. The highest BCUT2D eigenvalue weighted by Gasteiger charge is 2.60. The molecule has 1 saturated carbocycles. The van der Waals surface area contributed by atoms with Crippen LogP contribution < -0.4 is 10.2 Å². The highest BCUT2D eigenvalue weighted by molar-refractivity contribution is 6.23. The molecule has 0 radical (unpaired) electrons. The summed E-state index contributed by atoms with van der Waals surface area (Å²) in [5.41, 5.74) is 2.52. The predicted molar refractivity (Wildman–Crippen MR) is 134 cm³/mol. The highest BCUT2D eigenvalue weighted by Crippen LogP contribution is 2.55. The third-order valence-corrected chi connectivity index (χ3v) is 7.64. The summed E-state index contributed by atoms with van der Waals surface area (Å²) in [6.07, 6.45) is 3.02.